The van der Waals surface area contributed by atoms with Crippen LogP contribution in [-0.4, -0.2) is 30.2 Å². The number of methoxy groups -OCH3 is 1. The maximum absolute atomic E-state index is 12.9. The van der Waals surface area contributed by atoms with Crippen LogP contribution in [0.15, 0.2) is 54.6 Å². The molecule has 1 aliphatic heterocycles. The SMILES string of the molecule is COc1ccc(CN2C(=O)c3cccc4c(B(O)O)ccc2c34)cc1. The zero-order chi connectivity index (χ0) is 17.6. The molecule has 3 aromatic carbocycles. The number of hydrogen-bond donors (Lipinski definition) is 2. The minimum absolute atomic E-state index is 0.0824. The van der Waals surface area contributed by atoms with Gasteiger partial charge in [0.05, 0.1) is 19.3 Å². The molecule has 6 heteroatoms. The van der Waals surface area contributed by atoms with Crippen molar-refractivity contribution in [3.8, 4) is 5.75 Å². The van der Waals surface area contributed by atoms with Gasteiger partial charge in [-0.1, -0.05) is 30.3 Å². The molecule has 0 atom stereocenters. The predicted molar refractivity (Wildman–Crippen MR) is 97.3 cm³/mol. The quantitative estimate of drug-likeness (QED) is 0.713. The van der Waals surface area contributed by atoms with E-state index in [0.717, 1.165) is 22.4 Å². The zero-order valence-corrected chi connectivity index (χ0v) is 13.6. The first-order valence-corrected chi connectivity index (χ1v) is 7.96. The Kier molecular flexibility index (Phi) is 3.71. The summed E-state index contributed by atoms with van der Waals surface area (Å²) in [5.74, 6) is 0.685. The lowest BCUT2D eigenvalue weighted by molar-refractivity contribution is 0.0991. The molecule has 5 nitrogen and oxygen atoms in total. The minimum Gasteiger partial charge on any atom is -0.497 e. The molecule has 1 amide bonds. The summed E-state index contributed by atoms with van der Waals surface area (Å²) in [7, 11) is 0.0406. The lowest BCUT2D eigenvalue weighted by Crippen LogP contribution is -2.30. The number of anilines is 1. The zero-order valence-electron chi connectivity index (χ0n) is 13.6. The van der Waals surface area contributed by atoms with Gasteiger partial charge in [0.1, 0.15) is 5.75 Å². The van der Waals surface area contributed by atoms with Gasteiger partial charge in [-0.2, -0.15) is 0 Å². The number of nitrogens with zero attached hydrogens (tertiary/aromatic N) is 1. The molecule has 0 bridgehead atoms. The van der Waals surface area contributed by atoms with Gasteiger partial charge in [0.25, 0.3) is 5.91 Å². The summed E-state index contributed by atoms with van der Waals surface area (Å²) in [5.41, 5.74) is 2.76. The number of ether oxygens (including phenoxy) is 1. The first-order valence-electron chi connectivity index (χ1n) is 7.96. The van der Waals surface area contributed by atoms with E-state index in [1.54, 1.807) is 42.3 Å². The van der Waals surface area contributed by atoms with Gasteiger partial charge in [-0.05, 0) is 40.7 Å². The van der Waals surface area contributed by atoms with Crippen molar-refractivity contribution in [2.75, 3.05) is 12.0 Å². The van der Waals surface area contributed by atoms with Crippen LogP contribution in [0, 0.1) is 0 Å². The van der Waals surface area contributed by atoms with Crippen molar-refractivity contribution in [1.82, 2.24) is 0 Å². The summed E-state index contributed by atoms with van der Waals surface area (Å²) < 4.78 is 5.17. The van der Waals surface area contributed by atoms with Crippen LogP contribution in [0.2, 0.25) is 0 Å². The summed E-state index contributed by atoms with van der Waals surface area (Å²) in [6.45, 7) is 0.438. The maximum Gasteiger partial charge on any atom is 0.489 e. The fourth-order valence-corrected chi connectivity index (χ4v) is 3.36. The molecular formula is C19H16BNO4. The Bertz CT molecular complexity index is 969. The first kappa shape index (κ1) is 15.7. The molecule has 1 aliphatic rings. The van der Waals surface area contributed by atoms with Crippen LogP contribution in [0.4, 0.5) is 5.69 Å². The van der Waals surface area contributed by atoms with Gasteiger partial charge in [0, 0.05) is 10.9 Å². The fraction of sp³-hybridized carbons (Fsp3) is 0.105. The van der Waals surface area contributed by atoms with Crippen LogP contribution in [-0.2, 0) is 6.54 Å². The molecule has 3 aromatic rings. The van der Waals surface area contributed by atoms with Crippen molar-refractivity contribution >= 4 is 34.9 Å². The van der Waals surface area contributed by atoms with E-state index in [1.165, 1.54) is 0 Å². The van der Waals surface area contributed by atoms with Gasteiger partial charge in [0.15, 0.2) is 0 Å². The average Bonchev–Trinajstić information content (AvgIpc) is 2.90. The highest BCUT2D eigenvalue weighted by Crippen LogP contribution is 2.37. The molecular weight excluding hydrogens is 317 g/mol. The van der Waals surface area contributed by atoms with Crippen molar-refractivity contribution in [1.29, 1.82) is 0 Å². The van der Waals surface area contributed by atoms with E-state index in [0.29, 0.717) is 23.0 Å². The van der Waals surface area contributed by atoms with Crippen molar-refractivity contribution in [2.45, 2.75) is 6.54 Å². The molecule has 4 rings (SSSR count). The molecule has 124 valence electrons. The molecule has 0 spiro atoms. The van der Waals surface area contributed by atoms with Crippen LogP contribution in [0.5, 0.6) is 5.75 Å². The third-order valence-electron chi connectivity index (χ3n) is 4.60. The molecule has 2 N–H and O–H groups in total. The molecule has 0 aliphatic carbocycles. The highest BCUT2D eigenvalue weighted by molar-refractivity contribution is 6.62. The van der Waals surface area contributed by atoms with Crippen LogP contribution in [0.25, 0.3) is 10.8 Å². The number of amides is 1. The fourth-order valence-electron chi connectivity index (χ4n) is 3.36. The summed E-state index contributed by atoms with van der Waals surface area (Å²) >= 11 is 0. The topological polar surface area (TPSA) is 70.0 Å². The summed E-state index contributed by atoms with van der Waals surface area (Å²) in [4.78, 5) is 14.6. The normalized spacial score (nSPS) is 12.8. The van der Waals surface area contributed by atoms with Gasteiger partial charge in [-0.15, -0.1) is 0 Å². The number of carbonyl (C=O) groups is 1. The highest BCUT2D eigenvalue weighted by atomic mass is 16.5. The Hall–Kier alpha value is -2.83. The second kappa shape index (κ2) is 5.91. The number of rotatable bonds is 4. The molecule has 1 heterocycles. The van der Waals surface area contributed by atoms with E-state index in [-0.39, 0.29) is 5.91 Å². The monoisotopic (exact) mass is 333 g/mol. The van der Waals surface area contributed by atoms with Crippen LogP contribution in [0.1, 0.15) is 15.9 Å². The Morgan fingerprint density at radius 2 is 1.80 bits per heavy atom. The second-order valence-corrected chi connectivity index (χ2v) is 6.02. The highest BCUT2D eigenvalue weighted by Gasteiger charge is 2.31. The van der Waals surface area contributed by atoms with E-state index in [4.69, 9.17) is 4.74 Å². The lowest BCUT2D eigenvalue weighted by atomic mass is 9.76. The van der Waals surface area contributed by atoms with Gasteiger partial charge < -0.3 is 19.7 Å². The molecule has 0 unspecified atom stereocenters. The van der Waals surface area contributed by atoms with Gasteiger partial charge in [-0.3, -0.25) is 4.79 Å². The summed E-state index contributed by atoms with van der Waals surface area (Å²) in [5, 5.41) is 20.6. The Balaban J connectivity index is 1.78. The number of hydrogen-bond acceptors (Lipinski definition) is 4. The smallest absolute Gasteiger partial charge is 0.489 e. The molecule has 0 saturated heterocycles. The van der Waals surface area contributed by atoms with E-state index in [1.807, 2.05) is 24.3 Å². The molecule has 0 radical (unpaired) electrons. The molecule has 0 fully saturated rings. The molecule has 25 heavy (non-hydrogen) atoms. The maximum atomic E-state index is 12.9. The van der Waals surface area contributed by atoms with E-state index >= 15 is 0 Å². The largest absolute Gasteiger partial charge is 0.497 e. The van der Waals surface area contributed by atoms with E-state index in [2.05, 4.69) is 0 Å². The van der Waals surface area contributed by atoms with Gasteiger partial charge in [0.2, 0.25) is 0 Å². The lowest BCUT2D eigenvalue weighted by Gasteiger charge is -2.18. The van der Waals surface area contributed by atoms with Gasteiger partial charge >= 0.3 is 7.12 Å². The van der Waals surface area contributed by atoms with Crippen molar-refractivity contribution < 1.29 is 19.6 Å². The van der Waals surface area contributed by atoms with Gasteiger partial charge in [-0.25, -0.2) is 0 Å². The third kappa shape index (κ3) is 2.47. The third-order valence-corrected chi connectivity index (χ3v) is 4.60. The van der Waals surface area contributed by atoms with Crippen LogP contribution >= 0.6 is 0 Å². The summed E-state index contributed by atoms with van der Waals surface area (Å²) in [6.07, 6.45) is 0. The molecule has 0 aromatic heterocycles. The number of carbonyl (C=O) groups excluding carboxylic acids is 1. The second-order valence-electron chi connectivity index (χ2n) is 6.02. The standard InChI is InChI=1S/C19H16BNO4/c1-25-13-7-5-12(6-8-13)11-21-17-10-9-16(20(23)24)14-3-2-4-15(18(14)17)19(21)22/h2-10,23-24H,11H2,1H3. The Morgan fingerprint density at radius 3 is 2.48 bits per heavy atom. The van der Waals surface area contributed by atoms with E-state index < -0.39 is 7.12 Å². The van der Waals surface area contributed by atoms with Crippen molar-refractivity contribution in [2.24, 2.45) is 0 Å². The van der Waals surface area contributed by atoms with Crippen molar-refractivity contribution in [3.05, 3.63) is 65.7 Å². The summed E-state index contributed by atoms with van der Waals surface area (Å²) in [6, 6.07) is 16.4. The Morgan fingerprint density at radius 1 is 1.04 bits per heavy atom. The first-order chi connectivity index (χ1) is 12.1. The number of benzene rings is 3. The predicted octanol–water partition coefficient (Wildman–Crippen LogP) is 1.69. The van der Waals surface area contributed by atoms with E-state index in [9.17, 15) is 14.8 Å². The average molecular weight is 333 g/mol. The van der Waals surface area contributed by atoms with Crippen molar-refractivity contribution in [3.63, 3.8) is 0 Å². The minimum atomic E-state index is -1.57. The Labute approximate surface area is 145 Å². The van der Waals surface area contributed by atoms with Crippen LogP contribution in [0.3, 0.4) is 0 Å². The molecule has 0 saturated carbocycles. The van der Waals surface area contributed by atoms with Crippen LogP contribution < -0.4 is 15.1 Å².